The Morgan fingerprint density at radius 2 is 2.23 bits per heavy atom. The Bertz CT molecular complexity index is 288. The molecule has 1 unspecified atom stereocenters. The molecular weight excluding hydrogens is 186 g/mol. The van der Waals surface area contributed by atoms with Crippen molar-refractivity contribution in [3.05, 3.63) is 28.8 Å². The Kier molecular flexibility index (Phi) is 3.58. The van der Waals surface area contributed by atoms with E-state index in [1.807, 2.05) is 18.2 Å². The third-order valence-corrected chi connectivity index (χ3v) is 2.41. The Hall–Kier alpha value is -0.730. The van der Waals surface area contributed by atoms with Gasteiger partial charge in [-0.05, 0) is 30.2 Å². The van der Waals surface area contributed by atoms with E-state index in [0.29, 0.717) is 23.2 Å². The first-order valence-electron chi connectivity index (χ1n) is 4.22. The number of methoxy groups -OCH3 is 1. The molecule has 0 fully saturated rings. The Morgan fingerprint density at radius 1 is 1.54 bits per heavy atom. The number of benzene rings is 1. The molecule has 72 valence electrons. The molecule has 0 radical (unpaired) electrons. The first-order chi connectivity index (χ1) is 6.19. The summed E-state index contributed by atoms with van der Waals surface area (Å²) in [6.45, 7) is 2.70. The number of hydrogen-bond donors (Lipinski definition) is 1. The molecule has 0 saturated carbocycles. The van der Waals surface area contributed by atoms with Crippen LogP contribution in [-0.4, -0.2) is 13.7 Å². The quantitative estimate of drug-likeness (QED) is 0.812. The average Bonchev–Trinajstić information content (AvgIpc) is 2.17. The molecule has 0 heterocycles. The Morgan fingerprint density at radius 3 is 2.77 bits per heavy atom. The van der Waals surface area contributed by atoms with Crippen LogP contribution >= 0.6 is 11.6 Å². The highest BCUT2D eigenvalue weighted by molar-refractivity contribution is 6.32. The lowest BCUT2D eigenvalue weighted by Crippen LogP contribution is -2.08. The van der Waals surface area contributed by atoms with Crippen LogP contribution in [0.3, 0.4) is 0 Å². The Labute approximate surface area is 83.6 Å². The number of ether oxygens (including phenoxy) is 1. The molecule has 0 bridgehead atoms. The van der Waals surface area contributed by atoms with E-state index in [0.717, 1.165) is 5.56 Å². The lowest BCUT2D eigenvalue weighted by atomic mass is 10.0. The topological polar surface area (TPSA) is 35.2 Å². The van der Waals surface area contributed by atoms with Crippen LogP contribution in [-0.2, 0) is 0 Å². The second kappa shape index (κ2) is 4.49. The van der Waals surface area contributed by atoms with Crippen molar-refractivity contribution < 1.29 is 4.74 Å². The third-order valence-electron chi connectivity index (χ3n) is 2.10. The fourth-order valence-corrected chi connectivity index (χ4v) is 1.31. The summed E-state index contributed by atoms with van der Waals surface area (Å²) >= 11 is 5.89. The molecule has 1 aromatic rings. The van der Waals surface area contributed by atoms with Crippen molar-refractivity contribution in [1.29, 1.82) is 0 Å². The van der Waals surface area contributed by atoms with E-state index >= 15 is 0 Å². The molecule has 0 aromatic heterocycles. The van der Waals surface area contributed by atoms with Crippen molar-refractivity contribution in [2.24, 2.45) is 5.73 Å². The second-order valence-corrected chi connectivity index (χ2v) is 3.44. The van der Waals surface area contributed by atoms with Gasteiger partial charge in [-0.2, -0.15) is 0 Å². The van der Waals surface area contributed by atoms with Crippen molar-refractivity contribution in [3.8, 4) is 5.75 Å². The fraction of sp³-hybridized carbons (Fsp3) is 0.400. The highest BCUT2D eigenvalue weighted by atomic mass is 35.5. The van der Waals surface area contributed by atoms with Crippen molar-refractivity contribution in [3.63, 3.8) is 0 Å². The summed E-state index contributed by atoms with van der Waals surface area (Å²) in [7, 11) is 1.61. The SMILES string of the molecule is COc1cc(C(C)CN)ccc1Cl. The maximum absolute atomic E-state index is 5.89. The van der Waals surface area contributed by atoms with Crippen LogP contribution in [0.2, 0.25) is 5.02 Å². The molecule has 0 spiro atoms. The first kappa shape index (κ1) is 10.4. The predicted molar refractivity (Wildman–Crippen MR) is 55.5 cm³/mol. The molecule has 1 rings (SSSR count). The molecule has 13 heavy (non-hydrogen) atoms. The van der Waals surface area contributed by atoms with Crippen LogP contribution in [0.25, 0.3) is 0 Å². The zero-order valence-electron chi connectivity index (χ0n) is 7.88. The van der Waals surface area contributed by atoms with Gasteiger partial charge in [0.25, 0.3) is 0 Å². The molecule has 0 aliphatic carbocycles. The molecule has 0 amide bonds. The molecule has 1 aromatic carbocycles. The van der Waals surface area contributed by atoms with Crippen molar-refractivity contribution in [2.45, 2.75) is 12.8 Å². The van der Waals surface area contributed by atoms with Gasteiger partial charge in [0.1, 0.15) is 5.75 Å². The highest BCUT2D eigenvalue weighted by Gasteiger charge is 2.06. The summed E-state index contributed by atoms with van der Waals surface area (Å²) < 4.78 is 5.11. The summed E-state index contributed by atoms with van der Waals surface area (Å²) in [6, 6.07) is 5.74. The number of nitrogens with two attached hydrogens (primary N) is 1. The summed E-state index contributed by atoms with van der Waals surface area (Å²) in [5.74, 6) is 1.05. The van der Waals surface area contributed by atoms with E-state index < -0.39 is 0 Å². The molecule has 2 N–H and O–H groups in total. The number of hydrogen-bond acceptors (Lipinski definition) is 2. The molecular formula is C10H14ClNO. The summed E-state index contributed by atoms with van der Waals surface area (Å²) in [5.41, 5.74) is 6.72. The standard InChI is InChI=1S/C10H14ClNO/c1-7(6-12)8-3-4-9(11)10(5-8)13-2/h3-5,7H,6,12H2,1-2H3. The molecule has 0 aliphatic heterocycles. The van der Waals surface area contributed by atoms with Gasteiger partial charge in [-0.1, -0.05) is 24.6 Å². The van der Waals surface area contributed by atoms with Crippen LogP contribution in [0.15, 0.2) is 18.2 Å². The van der Waals surface area contributed by atoms with Crippen LogP contribution < -0.4 is 10.5 Å². The van der Waals surface area contributed by atoms with Gasteiger partial charge in [0.15, 0.2) is 0 Å². The van der Waals surface area contributed by atoms with E-state index in [2.05, 4.69) is 6.92 Å². The molecule has 0 aliphatic rings. The summed E-state index contributed by atoms with van der Waals surface area (Å²) in [6.07, 6.45) is 0. The number of rotatable bonds is 3. The normalized spacial score (nSPS) is 12.6. The summed E-state index contributed by atoms with van der Waals surface area (Å²) in [5, 5.41) is 0.635. The molecule has 1 atom stereocenters. The van der Waals surface area contributed by atoms with Crippen LogP contribution in [0.5, 0.6) is 5.75 Å². The van der Waals surface area contributed by atoms with Crippen LogP contribution in [0.1, 0.15) is 18.4 Å². The Balaban J connectivity index is 2.99. The second-order valence-electron chi connectivity index (χ2n) is 3.03. The minimum absolute atomic E-state index is 0.339. The van der Waals surface area contributed by atoms with Gasteiger partial charge in [0.05, 0.1) is 12.1 Å². The third kappa shape index (κ3) is 2.36. The van der Waals surface area contributed by atoms with E-state index in [-0.39, 0.29) is 0 Å². The zero-order chi connectivity index (χ0) is 9.84. The van der Waals surface area contributed by atoms with Crippen LogP contribution in [0.4, 0.5) is 0 Å². The highest BCUT2D eigenvalue weighted by Crippen LogP contribution is 2.27. The largest absolute Gasteiger partial charge is 0.495 e. The zero-order valence-corrected chi connectivity index (χ0v) is 8.64. The van der Waals surface area contributed by atoms with Crippen molar-refractivity contribution >= 4 is 11.6 Å². The van der Waals surface area contributed by atoms with Crippen molar-refractivity contribution in [2.75, 3.05) is 13.7 Å². The predicted octanol–water partition coefficient (Wildman–Crippen LogP) is 2.41. The number of halogens is 1. The van der Waals surface area contributed by atoms with E-state index in [9.17, 15) is 0 Å². The van der Waals surface area contributed by atoms with E-state index in [1.165, 1.54) is 0 Å². The van der Waals surface area contributed by atoms with E-state index in [4.69, 9.17) is 22.1 Å². The molecule has 0 saturated heterocycles. The minimum atomic E-state index is 0.339. The maximum atomic E-state index is 5.89. The van der Waals surface area contributed by atoms with Gasteiger partial charge in [0.2, 0.25) is 0 Å². The minimum Gasteiger partial charge on any atom is -0.495 e. The fourth-order valence-electron chi connectivity index (χ4n) is 1.12. The molecule has 2 nitrogen and oxygen atoms in total. The van der Waals surface area contributed by atoms with Gasteiger partial charge >= 0.3 is 0 Å². The van der Waals surface area contributed by atoms with Gasteiger partial charge in [-0.25, -0.2) is 0 Å². The van der Waals surface area contributed by atoms with E-state index in [1.54, 1.807) is 7.11 Å². The monoisotopic (exact) mass is 199 g/mol. The lowest BCUT2D eigenvalue weighted by molar-refractivity contribution is 0.414. The van der Waals surface area contributed by atoms with Gasteiger partial charge < -0.3 is 10.5 Å². The van der Waals surface area contributed by atoms with Gasteiger partial charge in [-0.15, -0.1) is 0 Å². The average molecular weight is 200 g/mol. The van der Waals surface area contributed by atoms with Gasteiger partial charge in [-0.3, -0.25) is 0 Å². The smallest absolute Gasteiger partial charge is 0.137 e. The maximum Gasteiger partial charge on any atom is 0.137 e. The molecule has 3 heteroatoms. The van der Waals surface area contributed by atoms with Gasteiger partial charge in [0, 0.05) is 0 Å². The lowest BCUT2D eigenvalue weighted by Gasteiger charge is -2.11. The first-order valence-corrected chi connectivity index (χ1v) is 4.60. The summed E-state index contributed by atoms with van der Waals surface area (Å²) in [4.78, 5) is 0. The van der Waals surface area contributed by atoms with Crippen LogP contribution in [0, 0.1) is 0 Å². The van der Waals surface area contributed by atoms with Crippen molar-refractivity contribution in [1.82, 2.24) is 0 Å².